The van der Waals surface area contributed by atoms with Crippen LogP contribution in [0.1, 0.15) is 35.7 Å². The van der Waals surface area contributed by atoms with Crippen molar-refractivity contribution in [2.24, 2.45) is 0 Å². The van der Waals surface area contributed by atoms with Gasteiger partial charge < -0.3 is 15.0 Å². The van der Waals surface area contributed by atoms with Gasteiger partial charge >= 0.3 is 6.18 Å². The van der Waals surface area contributed by atoms with E-state index in [2.05, 4.69) is 10.3 Å². The molecular formula is C20H22F3N3O2. The fourth-order valence-corrected chi connectivity index (χ4v) is 3.22. The number of hydrogen-bond acceptors (Lipinski definition) is 4. The van der Waals surface area contributed by atoms with Gasteiger partial charge in [-0.25, -0.2) is 4.98 Å². The summed E-state index contributed by atoms with van der Waals surface area (Å²) in [6.45, 7) is 3.73. The number of likely N-dealkylation sites (tertiary alicyclic amines) is 1. The predicted molar refractivity (Wildman–Crippen MR) is 99.5 cm³/mol. The van der Waals surface area contributed by atoms with Crippen LogP contribution >= 0.6 is 0 Å². The zero-order chi connectivity index (χ0) is 20.1. The van der Waals surface area contributed by atoms with Crippen molar-refractivity contribution in [3.63, 3.8) is 0 Å². The number of carbonyl (C=O) groups excluding carboxylic acids is 1. The summed E-state index contributed by atoms with van der Waals surface area (Å²) in [5.74, 6) is 0.0382. The third-order valence-corrected chi connectivity index (χ3v) is 4.62. The van der Waals surface area contributed by atoms with Crippen LogP contribution in [0.15, 0.2) is 42.6 Å². The zero-order valence-corrected chi connectivity index (χ0v) is 15.5. The molecule has 5 nitrogen and oxygen atoms in total. The van der Waals surface area contributed by atoms with Gasteiger partial charge in [-0.2, -0.15) is 13.2 Å². The van der Waals surface area contributed by atoms with Crippen molar-refractivity contribution in [3.05, 3.63) is 53.7 Å². The fraction of sp³-hybridized carbons (Fsp3) is 0.400. The van der Waals surface area contributed by atoms with E-state index in [4.69, 9.17) is 4.74 Å². The predicted octanol–water partition coefficient (Wildman–Crippen LogP) is 4.49. The Bertz CT molecular complexity index is 818. The minimum absolute atomic E-state index is 0.158. The van der Waals surface area contributed by atoms with Crippen LogP contribution in [0, 0.1) is 0 Å². The lowest BCUT2D eigenvalue weighted by molar-refractivity contribution is -0.137. The molecule has 0 aliphatic carbocycles. The van der Waals surface area contributed by atoms with E-state index >= 15 is 0 Å². The van der Waals surface area contributed by atoms with Gasteiger partial charge in [0.25, 0.3) is 5.91 Å². The third kappa shape index (κ3) is 4.81. The van der Waals surface area contributed by atoms with E-state index in [9.17, 15) is 18.0 Å². The Morgan fingerprint density at radius 2 is 2.00 bits per heavy atom. The molecule has 1 aliphatic heterocycles. The smallest absolute Gasteiger partial charge is 0.378 e. The average molecular weight is 393 g/mol. The number of hydrogen-bond donors (Lipinski definition) is 1. The van der Waals surface area contributed by atoms with Crippen LogP contribution < -0.4 is 5.32 Å². The zero-order valence-electron chi connectivity index (χ0n) is 15.5. The van der Waals surface area contributed by atoms with Gasteiger partial charge in [0.15, 0.2) is 0 Å². The Kier molecular flexibility index (Phi) is 6.18. The van der Waals surface area contributed by atoms with Gasteiger partial charge in [0.05, 0.1) is 17.2 Å². The number of pyridine rings is 1. The van der Waals surface area contributed by atoms with E-state index in [1.54, 1.807) is 17.0 Å². The standard InChI is InChI=1S/C20H22F3N3O2/c1-2-28-16-8-11-26(12-9-16)19(27)17-7-4-10-24-18(17)25-15-6-3-5-14(13-15)20(21,22)23/h3-7,10,13,16H,2,8-9,11-12H2,1H3,(H,24,25). The van der Waals surface area contributed by atoms with E-state index < -0.39 is 11.7 Å². The highest BCUT2D eigenvalue weighted by Crippen LogP contribution is 2.31. The maximum Gasteiger partial charge on any atom is 0.416 e. The Hall–Kier alpha value is -2.61. The number of ether oxygens (including phenoxy) is 1. The molecule has 1 aromatic heterocycles. The number of alkyl halides is 3. The molecule has 1 saturated heterocycles. The van der Waals surface area contributed by atoms with E-state index in [1.165, 1.54) is 18.3 Å². The first-order valence-corrected chi connectivity index (χ1v) is 9.18. The second kappa shape index (κ2) is 8.60. The lowest BCUT2D eigenvalue weighted by atomic mass is 10.1. The Morgan fingerprint density at radius 3 is 2.68 bits per heavy atom. The number of piperidine rings is 1. The van der Waals surface area contributed by atoms with Crippen molar-refractivity contribution in [2.45, 2.75) is 32.0 Å². The lowest BCUT2D eigenvalue weighted by Gasteiger charge is -2.32. The molecular weight excluding hydrogens is 371 g/mol. The normalized spacial score (nSPS) is 15.5. The van der Waals surface area contributed by atoms with E-state index in [0.29, 0.717) is 25.3 Å². The Morgan fingerprint density at radius 1 is 1.25 bits per heavy atom. The molecule has 0 spiro atoms. The molecule has 0 radical (unpaired) electrons. The van der Waals surface area contributed by atoms with Gasteiger partial charge in [0, 0.05) is 31.6 Å². The van der Waals surface area contributed by atoms with Crippen LogP contribution in [-0.4, -0.2) is 41.6 Å². The number of anilines is 2. The maximum absolute atomic E-state index is 12.9. The Labute approximate surface area is 161 Å². The van der Waals surface area contributed by atoms with Gasteiger partial charge in [-0.15, -0.1) is 0 Å². The Balaban J connectivity index is 1.76. The second-order valence-electron chi connectivity index (χ2n) is 6.55. The van der Waals surface area contributed by atoms with Crippen LogP contribution in [0.2, 0.25) is 0 Å². The number of halogens is 3. The molecule has 150 valence electrons. The summed E-state index contributed by atoms with van der Waals surface area (Å²) in [5, 5.41) is 2.85. The van der Waals surface area contributed by atoms with Crippen molar-refractivity contribution in [2.75, 3.05) is 25.0 Å². The molecule has 1 aromatic carbocycles. The second-order valence-corrected chi connectivity index (χ2v) is 6.55. The highest BCUT2D eigenvalue weighted by Gasteiger charge is 2.30. The molecule has 2 aromatic rings. The summed E-state index contributed by atoms with van der Waals surface area (Å²) in [6.07, 6.45) is -1.27. The SMILES string of the molecule is CCOC1CCN(C(=O)c2cccnc2Nc2cccc(C(F)(F)F)c2)CC1. The highest BCUT2D eigenvalue weighted by atomic mass is 19.4. The summed E-state index contributed by atoms with van der Waals surface area (Å²) in [5.41, 5.74) is -0.216. The molecule has 1 amide bonds. The number of rotatable bonds is 5. The third-order valence-electron chi connectivity index (χ3n) is 4.62. The molecule has 2 heterocycles. The minimum atomic E-state index is -4.44. The highest BCUT2D eigenvalue weighted by molar-refractivity contribution is 5.99. The van der Waals surface area contributed by atoms with Gasteiger partial charge in [-0.05, 0) is 50.1 Å². The molecule has 1 aliphatic rings. The van der Waals surface area contributed by atoms with Crippen LogP contribution in [0.3, 0.4) is 0 Å². The number of amides is 1. The first-order valence-electron chi connectivity index (χ1n) is 9.18. The topological polar surface area (TPSA) is 54.5 Å². The molecule has 3 rings (SSSR count). The summed E-state index contributed by atoms with van der Waals surface area (Å²) in [6, 6.07) is 8.08. The molecule has 28 heavy (non-hydrogen) atoms. The number of nitrogens with zero attached hydrogens (tertiary/aromatic N) is 2. The average Bonchev–Trinajstić information content (AvgIpc) is 2.68. The monoisotopic (exact) mass is 393 g/mol. The lowest BCUT2D eigenvalue weighted by Crippen LogP contribution is -2.41. The quantitative estimate of drug-likeness (QED) is 0.814. The number of nitrogens with one attached hydrogen (secondary N) is 1. The van der Waals surface area contributed by atoms with Gasteiger partial charge in [0.1, 0.15) is 5.82 Å². The molecule has 1 fully saturated rings. The van der Waals surface area contributed by atoms with Crippen molar-refractivity contribution in [1.82, 2.24) is 9.88 Å². The first kappa shape index (κ1) is 20.1. The van der Waals surface area contributed by atoms with Gasteiger partial charge in [0.2, 0.25) is 0 Å². The van der Waals surface area contributed by atoms with E-state index in [0.717, 1.165) is 25.0 Å². The van der Waals surface area contributed by atoms with Gasteiger partial charge in [-0.3, -0.25) is 4.79 Å². The van der Waals surface area contributed by atoms with E-state index in [1.807, 2.05) is 6.92 Å². The van der Waals surface area contributed by atoms with E-state index in [-0.39, 0.29) is 23.5 Å². The first-order chi connectivity index (χ1) is 13.4. The van der Waals surface area contributed by atoms with Crippen LogP contribution in [-0.2, 0) is 10.9 Å². The van der Waals surface area contributed by atoms with Crippen molar-refractivity contribution >= 4 is 17.4 Å². The maximum atomic E-state index is 12.9. The number of benzene rings is 1. The molecule has 0 atom stereocenters. The largest absolute Gasteiger partial charge is 0.416 e. The van der Waals surface area contributed by atoms with Crippen molar-refractivity contribution in [1.29, 1.82) is 0 Å². The summed E-state index contributed by atoms with van der Waals surface area (Å²) < 4.78 is 44.4. The van der Waals surface area contributed by atoms with Crippen LogP contribution in [0.25, 0.3) is 0 Å². The summed E-state index contributed by atoms with van der Waals surface area (Å²) in [4.78, 5) is 18.8. The van der Waals surface area contributed by atoms with Crippen LogP contribution in [0.4, 0.5) is 24.7 Å². The molecule has 8 heteroatoms. The molecule has 0 unspecified atom stereocenters. The van der Waals surface area contributed by atoms with Crippen LogP contribution in [0.5, 0.6) is 0 Å². The number of aromatic nitrogens is 1. The van der Waals surface area contributed by atoms with Gasteiger partial charge in [-0.1, -0.05) is 6.07 Å². The van der Waals surface area contributed by atoms with Crippen molar-refractivity contribution < 1.29 is 22.7 Å². The number of carbonyl (C=O) groups is 1. The summed E-state index contributed by atoms with van der Waals surface area (Å²) >= 11 is 0. The molecule has 1 N–H and O–H groups in total. The minimum Gasteiger partial charge on any atom is -0.378 e. The van der Waals surface area contributed by atoms with Crippen molar-refractivity contribution in [3.8, 4) is 0 Å². The summed E-state index contributed by atoms with van der Waals surface area (Å²) in [7, 11) is 0. The molecule has 0 saturated carbocycles. The molecule has 0 bridgehead atoms. The fourth-order valence-electron chi connectivity index (χ4n) is 3.22.